The Labute approximate surface area is 189 Å². The Morgan fingerprint density at radius 2 is 1.79 bits per heavy atom. The molecule has 8 nitrogen and oxygen atoms in total. The van der Waals surface area contributed by atoms with E-state index >= 15 is 0 Å². The number of carbonyl (C=O) groups is 1. The molecule has 0 aliphatic carbocycles. The van der Waals surface area contributed by atoms with Gasteiger partial charge in [-0.15, -0.1) is 10.2 Å². The first-order valence-electron chi connectivity index (χ1n) is 10.4. The molecule has 0 saturated carbocycles. The van der Waals surface area contributed by atoms with E-state index in [1.54, 1.807) is 24.0 Å². The summed E-state index contributed by atoms with van der Waals surface area (Å²) >= 11 is 0. The van der Waals surface area contributed by atoms with Crippen LogP contribution in [0.4, 0.5) is 5.69 Å². The number of carbonyl (C=O) groups excluding carboxylic acids is 1. The van der Waals surface area contributed by atoms with Crippen molar-refractivity contribution in [3.8, 4) is 28.4 Å². The summed E-state index contributed by atoms with van der Waals surface area (Å²) in [5, 5.41) is 16.2. The first-order chi connectivity index (χ1) is 16.2. The molecule has 5 aromatic rings. The molecule has 0 fully saturated rings. The Morgan fingerprint density at radius 1 is 0.939 bits per heavy atom. The second-order valence-electron chi connectivity index (χ2n) is 7.37. The van der Waals surface area contributed by atoms with Crippen LogP contribution in [0.5, 0.6) is 5.75 Å². The summed E-state index contributed by atoms with van der Waals surface area (Å²) < 4.78 is 7.05. The van der Waals surface area contributed by atoms with Crippen LogP contribution >= 0.6 is 0 Å². The summed E-state index contributed by atoms with van der Waals surface area (Å²) in [5.74, 6) is 1.20. The van der Waals surface area contributed by atoms with Crippen LogP contribution in [0.1, 0.15) is 5.56 Å². The number of ether oxygens (including phenoxy) is 1. The molecule has 33 heavy (non-hydrogen) atoms. The van der Waals surface area contributed by atoms with Crippen molar-refractivity contribution in [3.63, 3.8) is 0 Å². The Balaban J connectivity index is 1.40. The quantitative estimate of drug-likeness (QED) is 0.432. The third kappa shape index (κ3) is 4.27. The topological polar surface area (TPSA) is 94.3 Å². The third-order valence-corrected chi connectivity index (χ3v) is 5.19. The van der Waals surface area contributed by atoms with Crippen LogP contribution < -0.4 is 10.1 Å². The van der Waals surface area contributed by atoms with Gasteiger partial charge in [0.1, 0.15) is 5.75 Å². The number of amides is 1. The van der Waals surface area contributed by atoms with E-state index < -0.39 is 0 Å². The first kappa shape index (κ1) is 20.3. The number of fused-ring (bicyclic) bond motifs is 1. The highest BCUT2D eigenvalue weighted by Crippen LogP contribution is 2.24. The number of methoxy groups -OCH3 is 1. The number of rotatable bonds is 6. The minimum absolute atomic E-state index is 0.126. The average molecular weight is 436 g/mol. The van der Waals surface area contributed by atoms with Crippen LogP contribution in [-0.4, -0.2) is 37.8 Å². The predicted molar refractivity (Wildman–Crippen MR) is 125 cm³/mol. The minimum atomic E-state index is -0.126. The van der Waals surface area contributed by atoms with Crippen molar-refractivity contribution in [1.29, 1.82) is 0 Å². The molecule has 162 valence electrons. The van der Waals surface area contributed by atoms with Crippen molar-refractivity contribution in [3.05, 3.63) is 90.8 Å². The molecular formula is C25H20N6O2. The molecule has 8 heteroatoms. The van der Waals surface area contributed by atoms with E-state index in [1.807, 2.05) is 72.8 Å². The summed E-state index contributed by atoms with van der Waals surface area (Å²) in [6.45, 7) is 0. The van der Waals surface area contributed by atoms with Crippen molar-refractivity contribution in [1.82, 2.24) is 24.8 Å². The molecule has 0 aliphatic rings. The number of aromatic nitrogens is 5. The van der Waals surface area contributed by atoms with Crippen LogP contribution in [0.25, 0.3) is 28.3 Å². The van der Waals surface area contributed by atoms with Gasteiger partial charge in [-0.1, -0.05) is 30.3 Å². The normalized spacial score (nSPS) is 10.8. The maximum Gasteiger partial charge on any atom is 0.228 e. The van der Waals surface area contributed by atoms with Crippen LogP contribution in [0, 0.1) is 0 Å². The fourth-order valence-electron chi connectivity index (χ4n) is 3.61. The fraction of sp³-hybridized carbons (Fsp3) is 0.0800. The van der Waals surface area contributed by atoms with Gasteiger partial charge in [-0.25, -0.2) is 0 Å². The van der Waals surface area contributed by atoms with Gasteiger partial charge in [0.05, 0.1) is 19.2 Å². The third-order valence-electron chi connectivity index (χ3n) is 5.19. The molecule has 3 aromatic heterocycles. The summed E-state index contributed by atoms with van der Waals surface area (Å²) in [5.41, 5.74) is 4.63. The van der Waals surface area contributed by atoms with Crippen molar-refractivity contribution in [2.24, 2.45) is 0 Å². The molecule has 1 amide bonds. The number of nitrogens with one attached hydrogen (secondary N) is 1. The van der Waals surface area contributed by atoms with E-state index in [1.165, 1.54) is 0 Å². The van der Waals surface area contributed by atoms with Gasteiger partial charge in [0, 0.05) is 34.8 Å². The Morgan fingerprint density at radius 3 is 2.64 bits per heavy atom. The largest absolute Gasteiger partial charge is 0.496 e. The van der Waals surface area contributed by atoms with Crippen LogP contribution in [-0.2, 0) is 11.2 Å². The minimum Gasteiger partial charge on any atom is -0.496 e. The van der Waals surface area contributed by atoms with Gasteiger partial charge in [-0.3, -0.25) is 9.78 Å². The second kappa shape index (κ2) is 8.88. The lowest BCUT2D eigenvalue weighted by atomic mass is 10.1. The molecule has 0 radical (unpaired) electrons. The highest BCUT2D eigenvalue weighted by atomic mass is 16.5. The number of para-hydroxylation sites is 1. The van der Waals surface area contributed by atoms with Gasteiger partial charge >= 0.3 is 0 Å². The molecular weight excluding hydrogens is 416 g/mol. The molecule has 2 aromatic carbocycles. The molecule has 0 unspecified atom stereocenters. The summed E-state index contributed by atoms with van der Waals surface area (Å²) in [7, 11) is 1.60. The number of hydrogen-bond donors (Lipinski definition) is 1. The van der Waals surface area contributed by atoms with Gasteiger partial charge in [0.25, 0.3) is 0 Å². The monoisotopic (exact) mass is 436 g/mol. The van der Waals surface area contributed by atoms with Gasteiger partial charge in [-0.05, 0) is 42.5 Å². The lowest BCUT2D eigenvalue weighted by Gasteiger charge is -2.10. The molecule has 0 spiro atoms. The van der Waals surface area contributed by atoms with Crippen molar-refractivity contribution >= 4 is 17.2 Å². The van der Waals surface area contributed by atoms with Crippen molar-refractivity contribution in [2.75, 3.05) is 12.4 Å². The van der Waals surface area contributed by atoms with Crippen LogP contribution in [0.2, 0.25) is 0 Å². The lowest BCUT2D eigenvalue weighted by molar-refractivity contribution is -0.115. The van der Waals surface area contributed by atoms with Gasteiger partial charge in [0.2, 0.25) is 5.91 Å². The van der Waals surface area contributed by atoms with Crippen molar-refractivity contribution in [2.45, 2.75) is 6.42 Å². The molecule has 0 atom stereocenters. The van der Waals surface area contributed by atoms with E-state index in [-0.39, 0.29) is 12.3 Å². The average Bonchev–Trinajstić information content (AvgIpc) is 3.28. The van der Waals surface area contributed by atoms with E-state index in [0.29, 0.717) is 22.9 Å². The summed E-state index contributed by atoms with van der Waals surface area (Å²) in [4.78, 5) is 16.7. The number of pyridine rings is 1. The zero-order valence-corrected chi connectivity index (χ0v) is 17.8. The van der Waals surface area contributed by atoms with E-state index in [4.69, 9.17) is 9.84 Å². The van der Waals surface area contributed by atoms with Gasteiger partial charge < -0.3 is 10.1 Å². The van der Waals surface area contributed by atoms with E-state index in [2.05, 4.69) is 20.5 Å². The SMILES string of the molecule is COc1ccccc1CC(=O)Nc1cccc(-c2ccc3nnc(-c4ccncc4)n3n2)c1. The molecule has 1 N–H and O–H groups in total. The smallest absolute Gasteiger partial charge is 0.228 e. The Kier molecular flexibility index (Phi) is 5.47. The molecule has 0 bridgehead atoms. The van der Waals surface area contributed by atoms with Gasteiger partial charge in [0.15, 0.2) is 11.5 Å². The zero-order chi connectivity index (χ0) is 22.6. The lowest BCUT2D eigenvalue weighted by Crippen LogP contribution is -2.15. The van der Waals surface area contributed by atoms with E-state index in [9.17, 15) is 4.79 Å². The maximum absolute atomic E-state index is 12.6. The standard InChI is InChI=1S/C25H20N6O2/c1-33-22-8-3-2-5-19(22)16-24(32)27-20-7-4-6-18(15-20)21-9-10-23-28-29-25(31(23)30-21)17-11-13-26-14-12-17/h2-15H,16H2,1H3,(H,27,32). The second-order valence-corrected chi connectivity index (χ2v) is 7.37. The summed E-state index contributed by atoms with van der Waals surface area (Å²) in [6.07, 6.45) is 3.63. The maximum atomic E-state index is 12.6. The summed E-state index contributed by atoms with van der Waals surface area (Å²) in [6, 6.07) is 22.5. The zero-order valence-electron chi connectivity index (χ0n) is 17.8. The van der Waals surface area contributed by atoms with Gasteiger partial charge in [-0.2, -0.15) is 9.61 Å². The molecule has 3 heterocycles. The van der Waals surface area contributed by atoms with Crippen LogP contribution in [0.15, 0.2) is 85.2 Å². The predicted octanol–water partition coefficient (Wildman–Crippen LogP) is 4.04. The molecule has 5 rings (SSSR count). The van der Waals surface area contributed by atoms with E-state index in [0.717, 1.165) is 22.4 Å². The molecule has 0 aliphatic heterocycles. The highest BCUT2D eigenvalue weighted by molar-refractivity contribution is 5.93. The van der Waals surface area contributed by atoms with Crippen molar-refractivity contribution < 1.29 is 9.53 Å². The fourth-order valence-corrected chi connectivity index (χ4v) is 3.61. The number of nitrogens with zero attached hydrogens (tertiary/aromatic N) is 5. The Bertz CT molecular complexity index is 1430. The number of benzene rings is 2. The Hall–Kier alpha value is -4.59. The van der Waals surface area contributed by atoms with Crippen LogP contribution in [0.3, 0.4) is 0 Å². The first-order valence-corrected chi connectivity index (χ1v) is 10.4. The molecule has 0 saturated heterocycles. The number of anilines is 1. The number of hydrogen-bond acceptors (Lipinski definition) is 6. The highest BCUT2D eigenvalue weighted by Gasteiger charge is 2.12.